The van der Waals surface area contributed by atoms with E-state index >= 15 is 0 Å². The molecule has 2 atom stereocenters. The molecule has 1 aromatic heterocycles. The van der Waals surface area contributed by atoms with Crippen LogP contribution < -0.4 is 10.2 Å². The van der Waals surface area contributed by atoms with Crippen LogP contribution in [0.1, 0.15) is 5.56 Å². The van der Waals surface area contributed by atoms with Gasteiger partial charge >= 0.3 is 6.03 Å². The molecule has 9 heteroatoms. The van der Waals surface area contributed by atoms with Gasteiger partial charge in [-0.25, -0.2) is 14.3 Å². The average Bonchev–Trinajstić information content (AvgIpc) is 2.84. The number of hydrogen-bond acceptors (Lipinski definition) is 3. The Hall–Kier alpha value is -2.22. The summed E-state index contributed by atoms with van der Waals surface area (Å²) in [7, 11) is 1.51. The number of pyridine rings is 1. The predicted octanol–water partition coefficient (Wildman–Crippen LogP) is 2.95. The molecule has 3 amide bonds. The van der Waals surface area contributed by atoms with Crippen LogP contribution in [-0.2, 0) is 11.3 Å². The van der Waals surface area contributed by atoms with Crippen LogP contribution in [0.5, 0.6) is 0 Å². The molecule has 2 unspecified atom stereocenters. The van der Waals surface area contributed by atoms with Gasteiger partial charge in [-0.2, -0.15) is 4.39 Å². The summed E-state index contributed by atoms with van der Waals surface area (Å²) in [5, 5.41) is 0.858. The number of hydrogen-bond donors (Lipinski definition) is 1. The molecular weight excluding hydrogens is 382 g/mol. The number of rotatable bonds is 4. The summed E-state index contributed by atoms with van der Waals surface area (Å²) in [6.45, 7) is 0.243. The number of aromatic nitrogens is 1. The van der Waals surface area contributed by atoms with Gasteiger partial charge in [0.1, 0.15) is 13.1 Å². The number of amides is 3. The Balaban J connectivity index is 2.12. The van der Waals surface area contributed by atoms with E-state index in [4.69, 9.17) is 28.9 Å². The number of urea groups is 1. The lowest BCUT2D eigenvalue weighted by atomic mass is 10.1. The second-order valence-electron chi connectivity index (χ2n) is 6.20. The molecule has 0 radical (unpaired) electrons. The molecule has 1 saturated heterocycles. The third-order valence-corrected chi connectivity index (χ3v) is 5.20. The van der Waals surface area contributed by atoms with Crippen LogP contribution in [-0.4, -0.2) is 41.5 Å². The highest BCUT2D eigenvalue weighted by Crippen LogP contribution is 2.35. The Morgan fingerprint density at radius 1 is 1.38 bits per heavy atom. The van der Waals surface area contributed by atoms with Gasteiger partial charge in [0, 0.05) is 23.7 Å². The number of nitrogens with zero attached hydrogens (tertiary/aromatic N) is 3. The summed E-state index contributed by atoms with van der Waals surface area (Å²) in [6, 6.07) is 6.45. The smallest absolute Gasteiger partial charge is 0.368 e. The van der Waals surface area contributed by atoms with Gasteiger partial charge in [0.2, 0.25) is 11.9 Å². The monoisotopic (exact) mass is 397 g/mol. The molecule has 26 heavy (non-hydrogen) atoms. The van der Waals surface area contributed by atoms with E-state index in [1.54, 1.807) is 18.2 Å². The van der Waals surface area contributed by atoms with E-state index in [-0.39, 0.29) is 23.6 Å². The van der Waals surface area contributed by atoms with Crippen molar-refractivity contribution in [2.24, 2.45) is 5.73 Å². The van der Waals surface area contributed by atoms with Crippen molar-refractivity contribution in [2.45, 2.75) is 12.6 Å². The predicted molar refractivity (Wildman–Crippen MR) is 97.2 cm³/mol. The fourth-order valence-corrected chi connectivity index (χ4v) is 3.68. The number of nitrogens with two attached hydrogens (primary N) is 1. The fraction of sp³-hybridized carbons (Fsp3) is 0.235. The molecule has 136 valence electrons. The summed E-state index contributed by atoms with van der Waals surface area (Å²) in [4.78, 5) is 29.9. The van der Waals surface area contributed by atoms with Crippen molar-refractivity contribution in [2.75, 3.05) is 13.6 Å². The Kier molecular flexibility index (Phi) is 4.88. The number of likely N-dealkylation sites (N-methyl/N-ethyl adjacent to an activating group) is 1. The largest absolute Gasteiger partial charge is 0.425 e. The lowest BCUT2D eigenvalue weighted by Crippen LogP contribution is -2.51. The van der Waals surface area contributed by atoms with E-state index in [1.807, 2.05) is 0 Å². The van der Waals surface area contributed by atoms with E-state index in [1.165, 1.54) is 30.3 Å². The van der Waals surface area contributed by atoms with Gasteiger partial charge in [-0.3, -0.25) is 9.69 Å². The maximum absolute atomic E-state index is 13.3. The van der Waals surface area contributed by atoms with Gasteiger partial charge in [0.25, 0.3) is 0 Å². The fourth-order valence-electron chi connectivity index (χ4n) is 3.21. The Labute approximate surface area is 159 Å². The number of halogens is 3. The van der Waals surface area contributed by atoms with Gasteiger partial charge < -0.3 is 5.73 Å². The second kappa shape index (κ2) is 6.83. The zero-order valence-corrected chi connectivity index (χ0v) is 15.3. The van der Waals surface area contributed by atoms with Crippen molar-refractivity contribution >= 4 is 40.8 Å². The number of carbonyl (C=O) groups excluding carboxylic acids is 2. The van der Waals surface area contributed by atoms with Crippen molar-refractivity contribution < 1.29 is 14.0 Å². The highest BCUT2D eigenvalue weighted by atomic mass is 35.5. The second-order valence-corrected chi connectivity index (χ2v) is 7.04. The van der Waals surface area contributed by atoms with Crippen LogP contribution in [0.2, 0.25) is 10.0 Å². The van der Waals surface area contributed by atoms with Gasteiger partial charge in [-0.1, -0.05) is 29.3 Å². The van der Waals surface area contributed by atoms with Crippen LogP contribution in [0.15, 0.2) is 36.5 Å². The summed E-state index contributed by atoms with van der Waals surface area (Å²) in [5.74, 6) is -1.28. The van der Waals surface area contributed by atoms with Crippen LogP contribution >= 0.6 is 23.2 Å². The molecule has 6 nitrogen and oxygen atoms in total. The first kappa shape index (κ1) is 18.6. The topological polar surface area (TPSA) is 76.3 Å². The lowest BCUT2D eigenvalue weighted by molar-refractivity contribution is -0.121. The maximum atomic E-state index is 13.3. The van der Waals surface area contributed by atoms with E-state index in [9.17, 15) is 14.0 Å². The summed E-state index contributed by atoms with van der Waals surface area (Å²) in [5.41, 5.74) is 6.56. The zero-order valence-electron chi connectivity index (χ0n) is 13.8. The maximum Gasteiger partial charge on any atom is 0.425 e. The average molecular weight is 398 g/mol. The first-order valence-electron chi connectivity index (χ1n) is 7.74. The first-order chi connectivity index (χ1) is 12.2. The van der Waals surface area contributed by atoms with Crippen LogP contribution in [0.4, 0.5) is 14.9 Å². The van der Waals surface area contributed by atoms with Crippen molar-refractivity contribution in [3.05, 3.63) is 58.1 Å². The van der Waals surface area contributed by atoms with Crippen molar-refractivity contribution in [3.8, 4) is 0 Å². The number of primary amides is 1. The van der Waals surface area contributed by atoms with Crippen LogP contribution in [0, 0.1) is 5.95 Å². The molecule has 0 spiro atoms. The standard InChI is InChI=1S/C17H15Cl2FN4O2/c1-23-14(16(21)25)9-24(17(23)26,12-4-5-15(20)22-7-12)8-10-2-3-11(18)6-13(10)19/h2-7,14H,8-9H2,1H3,(H-,21,25)/p+1. The highest BCUT2D eigenvalue weighted by molar-refractivity contribution is 6.35. The third kappa shape index (κ3) is 3.13. The number of benzene rings is 1. The number of carbonyl (C=O) groups is 2. The highest BCUT2D eigenvalue weighted by Gasteiger charge is 2.54. The normalized spacial score (nSPS) is 22.7. The number of quaternary nitrogens is 1. The molecule has 2 N–H and O–H groups in total. The van der Waals surface area contributed by atoms with E-state index in [2.05, 4.69) is 4.98 Å². The van der Waals surface area contributed by atoms with E-state index < -0.39 is 17.9 Å². The van der Waals surface area contributed by atoms with Gasteiger partial charge in [-0.15, -0.1) is 0 Å². The first-order valence-corrected chi connectivity index (χ1v) is 8.50. The molecule has 0 bridgehead atoms. The van der Waals surface area contributed by atoms with Crippen LogP contribution in [0.25, 0.3) is 0 Å². The van der Waals surface area contributed by atoms with Gasteiger partial charge in [0.15, 0.2) is 11.7 Å². The molecule has 0 aliphatic carbocycles. The molecule has 2 heterocycles. The van der Waals surface area contributed by atoms with E-state index in [0.717, 1.165) is 0 Å². The lowest BCUT2D eigenvalue weighted by Gasteiger charge is -2.30. The molecule has 1 aromatic carbocycles. The zero-order chi connectivity index (χ0) is 19.1. The van der Waals surface area contributed by atoms with Crippen molar-refractivity contribution in [1.82, 2.24) is 14.4 Å². The summed E-state index contributed by atoms with van der Waals surface area (Å²) in [6.07, 6.45) is 1.29. The van der Waals surface area contributed by atoms with Crippen LogP contribution in [0.3, 0.4) is 0 Å². The van der Waals surface area contributed by atoms with Crippen molar-refractivity contribution in [1.29, 1.82) is 0 Å². The molecule has 3 rings (SSSR count). The molecule has 2 aromatic rings. The minimum absolute atomic E-state index is 0.0942. The molecule has 1 fully saturated rings. The summed E-state index contributed by atoms with van der Waals surface area (Å²) < 4.78 is 13.0. The minimum atomic E-state index is -0.793. The molecule has 0 saturated carbocycles. The Bertz CT molecular complexity index is 878. The van der Waals surface area contributed by atoms with E-state index in [0.29, 0.717) is 21.3 Å². The molecule has 1 aliphatic rings. The summed E-state index contributed by atoms with van der Waals surface area (Å²) >= 11 is 12.2. The van der Waals surface area contributed by atoms with Gasteiger partial charge in [0.05, 0.1) is 11.2 Å². The molecule has 1 aliphatic heterocycles. The molecular formula is C17H16Cl2FN4O2+. The Morgan fingerprint density at radius 2 is 2.12 bits per heavy atom. The minimum Gasteiger partial charge on any atom is -0.368 e. The SMILES string of the molecule is CN1C(=O)[N+](Cc2ccc(Cl)cc2Cl)(c2ccc(F)nc2)CC1C(N)=O. The Morgan fingerprint density at radius 3 is 2.65 bits per heavy atom. The quantitative estimate of drug-likeness (QED) is 0.636. The third-order valence-electron chi connectivity index (χ3n) is 4.61. The van der Waals surface area contributed by atoms with Gasteiger partial charge in [-0.05, 0) is 18.2 Å². The van der Waals surface area contributed by atoms with Crippen molar-refractivity contribution in [3.63, 3.8) is 0 Å².